The Morgan fingerprint density at radius 3 is 3.00 bits per heavy atom. The van der Waals surface area contributed by atoms with Gasteiger partial charge in [0, 0.05) is 19.3 Å². The fourth-order valence-corrected chi connectivity index (χ4v) is 1.06. The van der Waals surface area contributed by atoms with Gasteiger partial charge in [-0.05, 0) is 11.6 Å². The number of hydrogen-bond donors (Lipinski definition) is 2. The SMILES string of the molecule is CC(=O)N[C@@H](CO)c1cccnc1. The molecule has 0 bridgehead atoms. The topological polar surface area (TPSA) is 62.2 Å². The number of amides is 1. The standard InChI is InChI=1S/C9H12N2O2/c1-7(13)11-9(6-12)8-3-2-4-10-5-8/h2-5,9,12H,6H2,1H3,(H,11,13)/t9-/m0/s1. The molecule has 0 aliphatic heterocycles. The van der Waals surface area contributed by atoms with Crippen molar-refractivity contribution in [3.8, 4) is 0 Å². The number of carbonyl (C=O) groups excluding carboxylic acids is 1. The molecule has 1 amide bonds. The third kappa shape index (κ3) is 2.83. The zero-order valence-electron chi connectivity index (χ0n) is 7.40. The number of aliphatic hydroxyl groups excluding tert-OH is 1. The van der Waals surface area contributed by atoms with Gasteiger partial charge in [-0.25, -0.2) is 0 Å². The molecule has 1 heterocycles. The van der Waals surface area contributed by atoms with Crippen molar-refractivity contribution in [3.05, 3.63) is 30.1 Å². The predicted octanol–water partition coefficient (Wildman–Crippen LogP) is 0.251. The quantitative estimate of drug-likeness (QED) is 0.701. The van der Waals surface area contributed by atoms with E-state index in [-0.39, 0.29) is 18.6 Å². The van der Waals surface area contributed by atoms with Crippen LogP contribution in [0.4, 0.5) is 0 Å². The van der Waals surface area contributed by atoms with Crippen LogP contribution in [0, 0.1) is 0 Å². The first kappa shape index (κ1) is 9.67. The number of hydrogen-bond acceptors (Lipinski definition) is 3. The van der Waals surface area contributed by atoms with Crippen LogP contribution in [0.25, 0.3) is 0 Å². The van der Waals surface area contributed by atoms with Crippen LogP contribution in [0.3, 0.4) is 0 Å². The third-order valence-electron chi connectivity index (χ3n) is 1.65. The van der Waals surface area contributed by atoms with Gasteiger partial charge in [0.05, 0.1) is 12.6 Å². The van der Waals surface area contributed by atoms with E-state index < -0.39 is 0 Å². The molecule has 0 spiro atoms. The molecular formula is C9H12N2O2. The molecule has 2 N–H and O–H groups in total. The third-order valence-corrected chi connectivity index (χ3v) is 1.65. The van der Waals surface area contributed by atoms with Crippen molar-refractivity contribution in [2.75, 3.05) is 6.61 Å². The van der Waals surface area contributed by atoms with Crippen LogP contribution in [-0.4, -0.2) is 22.6 Å². The molecule has 13 heavy (non-hydrogen) atoms. The van der Waals surface area contributed by atoms with E-state index in [0.29, 0.717) is 0 Å². The van der Waals surface area contributed by atoms with Crippen LogP contribution < -0.4 is 5.32 Å². The van der Waals surface area contributed by atoms with Gasteiger partial charge >= 0.3 is 0 Å². The van der Waals surface area contributed by atoms with Crippen LogP contribution in [0.5, 0.6) is 0 Å². The number of aromatic nitrogens is 1. The van der Waals surface area contributed by atoms with Gasteiger partial charge in [-0.15, -0.1) is 0 Å². The minimum absolute atomic E-state index is 0.120. The van der Waals surface area contributed by atoms with Crippen molar-refractivity contribution < 1.29 is 9.90 Å². The maximum Gasteiger partial charge on any atom is 0.217 e. The van der Waals surface area contributed by atoms with Crippen LogP contribution >= 0.6 is 0 Å². The molecular weight excluding hydrogens is 168 g/mol. The van der Waals surface area contributed by atoms with Crippen LogP contribution in [0.2, 0.25) is 0 Å². The lowest BCUT2D eigenvalue weighted by Gasteiger charge is -2.14. The minimum Gasteiger partial charge on any atom is -0.394 e. The molecule has 0 aromatic carbocycles. The maximum absolute atomic E-state index is 10.7. The largest absolute Gasteiger partial charge is 0.394 e. The number of nitrogens with one attached hydrogen (secondary N) is 1. The second-order valence-electron chi connectivity index (χ2n) is 2.72. The average Bonchev–Trinajstić information content (AvgIpc) is 2.15. The van der Waals surface area contributed by atoms with Gasteiger partial charge in [0.1, 0.15) is 0 Å². The molecule has 1 atom stereocenters. The molecule has 1 aromatic rings. The number of pyridine rings is 1. The van der Waals surface area contributed by atoms with Crippen molar-refractivity contribution >= 4 is 5.91 Å². The fourth-order valence-electron chi connectivity index (χ4n) is 1.06. The van der Waals surface area contributed by atoms with Crippen molar-refractivity contribution in [2.24, 2.45) is 0 Å². The lowest BCUT2D eigenvalue weighted by atomic mass is 10.1. The highest BCUT2D eigenvalue weighted by Gasteiger charge is 2.10. The van der Waals surface area contributed by atoms with Gasteiger partial charge in [0.25, 0.3) is 0 Å². The summed E-state index contributed by atoms with van der Waals surface area (Å²) in [6.45, 7) is 1.30. The second kappa shape index (κ2) is 4.57. The molecule has 0 radical (unpaired) electrons. The van der Waals surface area contributed by atoms with E-state index in [1.54, 1.807) is 18.5 Å². The van der Waals surface area contributed by atoms with Gasteiger partial charge in [-0.3, -0.25) is 9.78 Å². The Hall–Kier alpha value is -1.42. The average molecular weight is 180 g/mol. The van der Waals surface area contributed by atoms with Gasteiger partial charge in [0.15, 0.2) is 0 Å². The molecule has 0 fully saturated rings. The van der Waals surface area contributed by atoms with Crippen molar-refractivity contribution in [3.63, 3.8) is 0 Å². The lowest BCUT2D eigenvalue weighted by molar-refractivity contribution is -0.120. The van der Waals surface area contributed by atoms with Gasteiger partial charge in [-0.1, -0.05) is 6.07 Å². The lowest BCUT2D eigenvalue weighted by Crippen LogP contribution is -2.28. The van der Waals surface area contributed by atoms with Crippen LogP contribution in [0.1, 0.15) is 18.5 Å². The smallest absolute Gasteiger partial charge is 0.217 e. The summed E-state index contributed by atoms with van der Waals surface area (Å²) in [4.78, 5) is 14.6. The summed E-state index contributed by atoms with van der Waals surface area (Å²) in [7, 11) is 0. The molecule has 0 aliphatic rings. The normalized spacial score (nSPS) is 12.2. The first-order valence-electron chi connectivity index (χ1n) is 4.02. The fraction of sp³-hybridized carbons (Fsp3) is 0.333. The van der Waals surface area contributed by atoms with Gasteiger partial charge in [-0.2, -0.15) is 0 Å². The second-order valence-corrected chi connectivity index (χ2v) is 2.72. The Morgan fingerprint density at radius 1 is 1.77 bits per heavy atom. The summed E-state index contributed by atoms with van der Waals surface area (Å²) in [5.74, 6) is -0.164. The molecule has 1 aromatic heterocycles. The number of carbonyl (C=O) groups is 1. The Bertz CT molecular complexity index is 274. The van der Waals surface area contributed by atoms with Gasteiger partial charge in [0.2, 0.25) is 5.91 Å². The van der Waals surface area contributed by atoms with Crippen molar-refractivity contribution in [2.45, 2.75) is 13.0 Å². The summed E-state index contributed by atoms with van der Waals surface area (Å²) >= 11 is 0. The minimum atomic E-state index is -0.355. The van der Waals surface area contributed by atoms with E-state index in [4.69, 9.17) is 5.11 Å². The van der Waals surface area contributed by atoms with E-state index in [2.05, 4.69) is 10.3 Å². The first-order valence-corrected chi connectivity index (χ1v) is 4.02. The maximum atomic E-state index is 10.7. The van der Waals surface area contributed by atoms with Gasteiger partial charge < -0.3 is 10.4 Å². The predicted molar refractivity (Wildman–Crippen MR) is 47.9 cm³/mol. The number of nitrogens with zero attached hydrogens (tertiary/aromatic N) is 1. The first-order chi connectivity index (χ1) is 6.24. The van der Waals surface area contributed by atoms with Crippen molar-refractivity contribution in [1.82, 2.24) is 10.3 Å². The Kier molecular flexibility index (Phi) is 3.40. The summed E-state index contributed by atoms with van der Waals surface area (Å²) in [5, 5.41) is 11.6. The molecule has 4 heteroatoms. The highest BCUT2D eigenvalue weighted by Crippen LogP contribution is 2.09. The van der Waals surface area contributed by atoms with E-state index in [0.717, 1.165) is 5.56 Å². The molecule has 70 valence electrons. The zero-order chi connectivity index (χ0) is 9.68. The molecule has 0 unspecified atom stereocenters. The monoisotopic (exact) mass is 180 g/mol. The number of aliphatic hydroxyl groups is 1. The highest BCUT2D eigenvalue weighted by atomic mass is 16.3. The molecule has 0 aliphatic carbocycles. The van der Waals surface area contributed by atoms with E-state index in [9.17, 15) is 4.79 Å². The summed E-state index contributed by atoms with van der Waals surface area (Å²) in [5.41, 5.74) is 0.806. The molecule has 0 saturated carbocycles. The van der Waals surface area contributed by atoms with Crippen LogP contribution in [0.15, 0.2) is 24.5 Å². The summed E-state index contributed by atoms with van der Waals surface area (Å²) in [6.07, 6.45) is 3.27. The Balaban J connectivity index is 2.73. The number of rotatable bonds is 3. The molecule has 4 nitrogen and oxygen atoms in total. The Labute approximate surface area is 76.6 Å². The summed E-state index contributed by atoms with van der Waals surface area (Å²) < 4.78 is 0. The molecule has 1 rings (SSSR count). The van der Waals surface area contributed by atoms with E-state index in [1.807, 2.05) is 6.07 Å². The molecule has 0 saturated heterocycles. The van der Waals surface area contributed by atoms with E-state index >= 15 is 0 Å². The van der Waals surface area contributed by atoms with Crippen molar-refractivity contribution in [1.29, 1.82) is 0 Å². The highest BCUT2D eigenvalue weighted by molar-refractivity contribution is 5.73. The zero-order valence-corrected chi connectivity index (χ0v) is 7.40. The summed E-state index contributed by atoms with van der Waals surface area (Å²) in [6, 6.07) is 3.22. The van der Waals surface area contributed by atoms with E-state index in [1.165, 1.54) is 6.92 Å². The van der Waals surface area contributed by atoms with Crippen LogP contribution in [-0.2, 0) is 4.79 Å². The Morgan fingerprint density at radius 2 is 2.54 bits per heavy atom.